The Morgan fingerprint density at radius 3 is 2.65 bits per heavy atom. The van der Waals surface area contributed by atoms with Crippen LogP contribution in [0.3, 0.4) is 0 Å². The number of ether oxygens (including phenoxy) is 3. The molecule has 2 aromatic heterocycles. The molecule has 0 unspecified atom stereocenters. The van der Waals surface area contributed by atoms with Gasteiger partial charge in [0.1, 0.15) is 0 Å². The zero-order valence-electron chi connectivity index (χ0n) is 24.7. The number of fused-ring (bicyclic) bond motifs is 2. The lowest BCUT2D eigenvalue weighted by Gasteiger charge is -2.25. The summed E-state index contributed by atoms with van der Waals surface area (Å²) < 4.78 is 22.3. The van der Waals surface area contributed by atoms with Gasteiger partial charge in [0.15, 0.2) is 16.3 Å². The topological polar surface area (TPSA) is 84.0 Å². The molecule has 10 heteroatoms. The van der Waals surface area contributed by atoms with Crippen LogP contribution in [0.15, 0.2) is 63.5 Å². The summed E-state index contributed by atoms with van der Waals surface area (Å²) in [5, 5.41) is 0. The minimum atomic E-state index is -0.712. The summed E-state index contributed by atoms with van der Waals surface area (Å²) in [6, 6.07) is 13.3. The van der Waals surface area contributed by atoms with E-state index in [1.807, 2.05) is 31.2 Å². The van der Waals surface area contributed by atoms with Gasteiger partial charge in [-0.1, -0.05) is 36.8 Å². The molecule has 0 bridgehead atoms. The van der Waals surface area contributed by atoms with E-state index in [2.05, 4.69) is 72.2 Å². The number of carbonyl (C=O) groups excluding carboxylic acids is 1. The van der Waals surface area contributed by atoms with Crippen LogP contribution in [-0.4, -0.2) is 28.5 Å². The number of benzene rings is 2. The van der Waals surface area contributed by atoms with Gasteiger partial charge in [-0.2, -0.15) is 0 Å². The molecular weight excluding hydrogens is 677 g/mol. The van der Waals surface area contributed by atoms with Gasteiger partial charge in [0.25, 0.3) is 5.56 Å². The van der Waals surface area contributed by atoms with E-state index in [9.17, 15) is 9.59 Å². The first-order chi connectivity index (χ1) is 20.7. The summed E-state index contributed by atoms with van der Waals surface area (Å²) in [5.41, 5.74) is 6.92. The Balaban J connectivity index is 1.54. The van der Waals surface area contributed by atoms with Crippen LogP contribution in [0.4, 0.5) is 0 Å². The SMILES string of the molecule is CCCC1=C(C(=O)OCC)[C@@H](c2ccc3c(c2)OCO3)n2c(s/c(=C\c3cc(C)n(-c4ccc(C)c(I)c4)c3C)c2=O)=N1. The van der Waals surface area contributed by atoms with Crippen molar-refractivity contribution < 1.29 is 19.0 Å². The molecule has 0 saturated carbocycles. The molecule has 0 amide bonds. The predicted molar refractivity (Wildman–Crippen MR) is 175 cm³/mol. The van der Waals surface area contributed by atoms with Crippen LogP contribution in [0.5, 0.6) is 11.5 Å². The van der Waals surface area contributed by atoms with Crippen molar-refractivity contribution >= 4 is 46.0 Å². The van der Waals surface area contributed by atoms with Crippen LogP contribution in [-0.2, 0) is 9.53 Å². The first-order valence-corrected chi connectivity index (χ1v) is 16.2. The molecule has 6 rings (SSSR count). The first-order valence-electron chi connectivity index (χ1n) is 14.3. The maximum atomic E-state index is 14.2. The molecule has 1 atom stereocenters. The van der Waals surface area contributed by atoms with Crippen LogP contribution < -0.4 is 24.4 Å². The van der Waals surface area contributed by atoms with Crippen molar-refractivity contribution in [3.8, 4) is 17.2 Å². The molecule has 0 radical (unpaired) electrons. The van der Waals surface area contributed by atoms with Gasteiger partial charge in [-0.05, 0) is 110 Å². The number of hydrogen-bond acceptors (Lipinski definition) is 7. The molecule has 4 heterocycles. The molecule has 0 fully saturated rings. The summed E-state index contributed by atoms with van der Waals surface area (Å²) in [7, 11) is 0. The molecule has 0 aliphatic carbocycles. The van der Waals surface area contributed by atoms with Gasteiger partial charge in [-0.3, -0.25) is 9.36 Å². The van der Waals surface area contributed by atoms with Crippen molar-refractivity contribution in [3.63, 3.8) is 0 Å². The maximum Gasteiger partial charge on any atom is 0.338 e. The zero-order valence-corrected chi connectivity index (χ0v) is 27.7. The van der Waals surface area contributed by atoms with E-state index in [1.54, 1.807) is 11.5 Å². The molecule has 2 aliphatic rings. The average Bonchev–Trinajstić information content (AvgIpc) is 3.65. The lowest BCUT2D eigenvalue weighted by molar-refractivity contribution is -0.139. The lowest BCUT2D eigenvalue weighted by Crippen LogP contribution is -2.40. The van der Waals surface area contributed by atoms with Crippen molar-refractivity contribution in [1.29, 1.82) is 0 Å². The number of carbonyl (C=O) groups is 1. The van der Waals surface area contributed by atoms with Crippen molar-refractivity contribution in [2.75, 3.05) is 13.4 Å². The summed E-state index contributed by atoms with van der Waals surface area (Å²) in [6.07, 6.45) is 3.30. The van der Waals surface area contributed by atoms with E-state index >= 15 is 0 Å². The van der Waals surface area contributed by atoms with Crippen molar-refractivity contribution in [1.82, 2.24) is 9.13 Å². The Labute approximate surface area is 267 Å². The van der Waals surface area contributed by atoms with Gasteiger partial charge in [0.05, 0.1) is 28.5 Å². The summed E-state index contributed by atoms with van der Waals surface area (Å²) in [4.78, 5) is 33.1. The Morgan fingerprint density at radius 2 is 1.91 bits per heavy atom. The molecule has 0 N–H and O–H groups in total. The number of aryl methyl sites for hydroxylation is 2. The molecule has 222 valence electrons. The van der Waals surface area contributed by atoms with Crippen LogP contribution in [0.2, 0.25) is 0 Å². The second-order valence-electron chi connectivity index (χ2n) is 10.6. The maximum absolute atomic E-state index is 14.2. The quantitative estimate of drug-likeness (QED) is 0.184. The Hall–Kier alpha value is -3.64. The molecule has 2 aromatic carbocycles. The third-order valence-corrected chi connectivity index (χ3v) is 9.92. The van der Waals surface area contributed by atoms with E-state index in [0.29, 0.717) is 38.5 Å². The van der Waals surface area contributed by atoms with Gasteiger partial charge in [0.2, 0.25) is 6.79 Å². The second-order valence-corrected chi connectivity index (χ2v) is 12.8. The number of esters is 1. The Morgan fingerprint density at radius 1 is 1.12 bits per heavy atom. The normalized spacial score (nSPS) is 16.0. The van der Waals surface area contributed by atoms with Gasteiger partial charge in [0, 0.05) is 20.6 Å². The lowest BCUT2D eigenvalue weighted by atomic mass is 9.94. The second kappa shape index (κ2) is 11.8. The van der Waals surface area contributed by atoms with Crippen LogP contribution >= 0.6 is 33.9 Å². The molecule has 0 spiro atoms. The number of rotatable bonds is 7. The number of halogens is 1. The highest BCUT2D eigenvalue weighted by atomic mass is 127. The number of thiazole rings is 1. The molecular formula is C33H32IN3O5S. The van der Waals surface area contributed by atoms with Gasteiger partial charge in [-0.15, -0.1) is 0 Å². The van der Waals surface area contributed by atoms with Gasteiger partial charge in [-0.25, -0.2) is 9.79 Å². The van der Waals surface area contributed by atoms with E-state index in [-0.39, 0.29) is 19.0 Å². The smallest absolute Gasteiger partial charge is 0.338 e. The Kier molecular flexibility index (Phi) is 8.08. The van der Waals surface area contributed by atoms with Crippen LogP contribution in [0.1, 0.15) is 60.8 Å². The molecule has 0 saturated heterocycles. The van der Waals surface area contributed by atoms with Crippen molar-refractivity contribution in [2.45, 2.75) is 53.5 Å². The van der Waals surface area contributed by atoms with Crippen molar-refractivity contribution in [3.05, 3.63) is 105 Å². The number of aromatic nitrogens is 2. The fourth-order valence-electron chi connectivity index (χ4n) is 5.71. The van der Waals surface area contributed by atoms with Crippen molar-refractivity contribution in [2.24, 2.45) is 4.99 Å². The predicted octanol–water partition coefficient (Wildman–Crippen LogP) is 5.63. The van der Waals surface area contributed by atoms with Crippen LogP contribution in [0, 0.1) is 24.3 Å². The summed E-state index contributed by atoms with van der Waals surface area (Å²) in [5.74, 6) is 0.739. The molecule has 43 heavy (non-hydrogen) atoms. The Bertz CT molecular complexity index is 1980. The average molecular weight is 710 g/mol. The van der Waals surface area contributed by atoms with E-state index < -0.39 is 12.0 Å². The molecule has 2 aliphatic heterocycles. The number of allylic oxidation sites excluding steroid dienone is 1. The minimum absolute atomic E-state index is 0.128. The highest BCUT2D eigenvalue weighted by Crippen LogP contribution is 2.39. The van der Waals surface area contributed by atoms with E-state index in [0.717, 1.165) is 34.6 Å². The molecule has 4 aromatic rings. The van der Waals surface area contributed by atoms with E-state index in [1.165, 1.54) is 20.5 Å². The summed E-state index contributed by atoms with van der Waals surface area (Å²) >= 11 is 3.70. The fourth-order valence-corrected chi connectivity index (χ4v) is 7.22. The molecule has 8 nitrogen and oxygen atoms in total. The zero-order chi connectivity index (χ0) is 30.4. The van der Waals surface area contributed by atoms with Gasteiger partial charge < -0.3 is 18.8 Å². The van der Waals surface area contributed by atoms with Gasteiger partial charge >= 0.3 is 5.97 Å². The summed E-state index contributed by atoms with van der Waals surface area (Å²) in [6.45, 7) is 10.4. The third kappa shape index (κ3) is 5.24. The van der Waals surface area contributed by atoms with E-state index in [4.69, 9.17) is 19.2 Å². The minimum Gasteiger partial charge on any atom is -0.463 e. The number of hydrogen-bond donors (Lipinski definition) is 0. The highest BCUT2D eigenvalue weighted by Gasteiger charge is 2.35. The largest absolute Gasteiger partial charge is 0.463 e. The monoisotopic (exact) mass is 709 g/mol. The standard InChI is InChI=1S/C33H32IN3O5S/c1-6-8-25-29(32(39)40-7-2)30(21-10-12-26-27(14-21)42-17-41-26)37-31(38)28(43-33(37)35-25)15-22-13-19(4)36(20(22)5)23-11-9-18(3)24(34)16-23/h9-16,30H,6-8,17H2,1-5H3/b28-15-/t30-/m1/s1. The number of nitrogens with zero attached hydrogens (tertiary/aromatic N) is 3. The fraction of sp³-hybridized carbons (Fsp3) is 0.303. The third-order valence-electron chi connectivity index (χ3n) is 7.78. The van der Waals surface area contributed by atoms with Crippen LogP contribution in [0.25, 0.3) is 11.8 Å². The highest BCUT2D eigenvalue weighted by molar-refractivity contribution is 14.1. The first kappa shape index (κ1) is 29.4.